The van der Waals surface area contributed by atoms with E-state index in [9.17, 15) is 0 Å². The number of rotatable bonds is 3. The first kappa shape index (κ1) is 12.1. The van der Waals surface area contributed by atoms with Crippen molar-refractivity contribution in [1.29, 1.82) is 0 Å². The van der Waals surface area contributed by atoms with Gasteiger partial charge < -0.3 is 20.1 Å². The number of hydrogen-bond acceptors (Lipinski definition) is 8. The maximum atomic E-state index is 5.55. The van der Waals surface area contributed by atoms with Crippen molar-refractivity contribution >= 4 is 22.4 Å². The van der Waals surface area contributed by atoms with Gasteiger partial charge in [0.05, 0.1) is 31.8 Å². The summed E-state index contributed by atoms with van der Waals surface area (Å²) in [5.74, 6) is 1.26. The molecule has 100 valence electrons. The van der Waals surface area contributed by atoms with Gasteiger partial charge in [-0.2, -0.15) is 0 Å². The molecule has 2 aromatic rings. The molecular weight excluding hydrogens is 266 g/mol. The molecule has 7 nitrogen and oxygen atoms in total. The quantitative estimate of drug-likeness (QED) is 0.901. The zero-order chi connectivity index (χ0) is 13.1. The summed E-state index contributed by atoms with van der Waals surface area (Å²) in [4.78, 5) is 14.6. The molecule has 1 aliphatic rings. The van der Waals surface area contributed by atoms with E-state index < -0.39 is 0 Å². The van der Waals surface area contributed by atoms with Gasteiger partial charge in [-0.25, -0.2) is 15.0 Å². The average Bonchev–Trinajstić information content (AvgIpc) is 2.86. The molecule has 1 saturated heterocycles. The molecule has 1 aliphatic heterocycles. The molecule has 0 radical (unpaired) electrons. The van der Waals surface area contributed by atoms with Gasteiger partial charge in [-0.3, -0.25) is 0 Å². The van der Waals surface area contributed by atoms with Crippen LogP contribution in [-0.4, -0.2) is 41.3 Å². The van der Waals surface area contributed by atoms with Gasteiger partial charge in [-0.15, -0.1) is 0 Å². The Labute approximate surface area is 114 Å². The normalized spacial score (nSPS) is 15.5. The summed E-state index contributed by atoms with van der Waals surface area (Å²) in [5.41, 5.74) is 5.53. The summed E-state index contributed by atoms with van der Waals surface area (Å²) in [6.45, 7) is 3.04. The fraction of sp³-hybridized carbons (Fsp3) is 0.364. The van der Waals surface area contributed by atoms with E-state index in [0.717, 1.165) is 13.1 Å². The Morgan fingerprint density at radius 1 is 1.16 bits per heavy atom. The maximum absolute atomic E-state index is 5.55. The average molecular weight is 279 g/mol. The lowest BCUT2D eigenvalue weighted by molar-refractivity contribution is 0.122. The highest BCUT2D eigenvalue weighted by molar-refractivity contribution is 7.17. The molecule has 0 atom stereocenters. The van der Waals surface area contributed by atoms with Crippen LogP contribution in [-0.2, 0) is 4.74 Å². The Morgan fingerprint density at radius 2 is 1.89 bits per heavy atom. The molecule has 0 bridgehead atoms. The van der Waals surface area contributed by atoms with Gasteiger partial charge in [-0.05, 0) is 0 Å². The summed E-state index contributed by atoms with van der Waals surface area (Å²) in [6.07, 6.45) is 4.87. The SMILES string of the molecule is Nc1ncc(Oc2cnc(N3CCOCC3)nc2)s1. The second-order valence-electron chi connectivity index (χ2n) is 3.94. The van der Waals surface area contributed by atoms with E-state index >= 15 is 0 Å². The first-order valence-electron chi connectivity index (χ1n) is 5.85. The van der Waals surface area contributed by atoms with E-state index in [0.29, 0.717) is 35.1 Å². The van der Waals surface area contributed by atoms with Crippen molar-refractivity contribution in [3.63, 3.8) is 0 Å². The van der Waals surface area contributed by atoms with Crippen LogP contribution in [0.4, 0.5) is 11.1 Å². The van der Waals surface area contributed by atoms with Crippen LogP contribution in [0.3, 0.4) is 0 Å². The number of nitrogen functional groups attached to an aromatic ring is 1. The van der Waals surface area contributed by atoms with Crippen LogP contribution in [0.25, 0.3) is 0 Å². The minimum absolute atomic E-state index is 0.473. The fourth-order valence-corrected chi connectivity index (χ4v) is 2.28. The van der Waals surface area contributed by atoms with Gasteiger partial charge >= 0.3 is 0 Å². The predicted octanol–water partition coefficient (Wildman–Crippen LogP) is 1.14. The third-order valence-corrected chi connectivity index (χ3v) is 3.33. The summed E-state index contributed by atoms with van der Waals surface area (Å²) < 4.78 is 10.8. The minimum Gasteiger partial charge on any atom is -0.442 e. The molecule has 0 saturated carbocycles. The lowest BCUT2D eigenvalue weighted by atomic mass is 10.4. The second-order valence-corrected chi connectivity index (χ2v) is 4.96. The van der Waals surface area contributed by atoms with E-state index in [1.54, 1.807) is 18.6 Å². The van der Waals surface area contributed by atoms with Gasteiger partial charge in [0.1, 0.15) is 0 Å². The van der Waals surface area contributed by atoms with E-state index in [-0.39, 0.29) is 0 Å². The van der Waals surface area contributed by atoms with Crippen LogP contribution < -0.4 is 15.4 Å². The Balaban J connectivity index is 1.68. The number of thiazole rings is 1. The molecule has 0 spiro atoms. The summed E-state index contributed by atoms with van der Waals surface area (Å²) in [6, 6.07) is 0. The van der Waals surface area contributed by atoms with Crippen LogP contribution >= 0.6 is 11.3 Å². The number of nitrogens with two attached hydrogens (primary N) is 1. The van der Waals surface area contributed by atoms with E-state index in [2.05, 4.69) is 19.9 Å². The summed E-state index contributed by atoms with van der Waals surface area (Å²) in [5, 5.41) is 1.10. The van der Waals surface area contributed by atoms with Crippen LogP contribution in [0.2, 0.25) is 0 Å². The Morgan fingerprint density at radius 3 is 2.53 bits per heavy atom. The predicted molar refractivity (Wildman–Crippen MR) is 71.7 cm³/mol. The van der Waals surface area contributed by atoms with Crippen molar-refractivity contribution < 1.29 is 9.47 Å². The monoisotopic (exact) mass is 279 g/mol. The second kappa shape index (κ2) is 5.37. The first-order chi connectivity index (χ1) is 9.31. The molecule has 2 aromatic heterocycles. The van der Waals surface area contributed by atoms with E-state index in [4.69, 9.17) is 15.2 Å². The number of nitrogens with zero attached hydrogens (tertiary/aromatic N) is 4. The number of morpholine rings is 1. The molecule has 0 aliphatic carbocycles. The van der Waals surface area contributed by atoms with Crippen LogP contribution in [0.5, 0.6) is 10.8 Å². The topological polar surface area (TPSA) is 86.4 Å². The minimum atomic E-state index is 0.473. The standard InChI is InChI=1S/C11H13N5O2S/c12-10-13-7-9(19-10)18-8-5-14-11(15-6-8)16-1-3-17-4-2-16/h5-7H,1-4H2,(H2,12,13). The molecule has 0 amide bonds. The van der Waals surface area contributed by atoms with Crippen molar-refractivity contribution in [2.75, 3.05) is 36.9 Å². The van der Waals surface area contributed by atoms with Gasteiger partial charge in [0.2, 0.25) is 11.0 Å². The molecule has 8 heteroatoms. The Kier molecular flexibility index (Phi) is 3.43. The van der Waals surface area contributed by atoms with Crippen molar-refractivity contribution in [1.82, 2.24) is 15.0 Å². The molecule has 0 unspecified atom stereocenters. The maximum Gasteiger partial charge on any atom is 0.225 e. The molecule has 3 rings (SSSR count). The molecule has 2 N–H and O–H groups in total. The molecular formula is C11H13N5O2S. The van der Waals surface area contributed by atoms with Crippen LogP contribution in [0.15, 0.2) is 18.6 Å². The van der Waals surface area contributed by atoms with Gasteiger partial charge in [0.25, 0.3) is 0 Å². The van der Waals surface area contributed by atoms with E-state index in [1.807, 2.05) is 0 Å². The molecule has 1 fully saturated rings. The van der Waals surface area contributed by atoms with Gasteiger partial charge in [0, 0.05) is 13.1 Å². The van der Waals surface area contributed by atoms with Gasteiger partial charge in [-0.1, -0.05) is 11.3 Å². The van der Waals surface area contributed by atoms with Crippen LogP contribution in [0.1, 0.15) is 0 Å². The highest BCUT2D eigenvalue weighted by Gasteiger charge is 2.13. The van der Waals surface area contributed by atoms with Gasteiger partial charge in [0.15, 0.2) is 10.9 Å². The lowest BCUT2D eigenvalue weighted by Gasteiger charge is -2.26. The Hall–Kier alpha value is -1.93. The van der Waals surface area contributed by atoms with Crippen molar-refractivity contribution in [2.24, 2.45) is 0 Å². The number of ether oxygens (including phenoxy) is 2. The Bertz CT molecular complexity index is 538. The first-order valence-corrected chi connectivity index (χ1v) is 6.67. The third kappa shape index (κ3) is 2.91. The number of aromatic nitrogens is 3. The fourth-order valence-electron chi connectivity index (χ4n) is 1.72. The van der Waals surface area contributed by atoms with E-state index in [1.165, 1.54) is 11.3 Å². The highest BCUT2D eigenvalue weighted by atomic mass is 32.1. The smallest absolute Gasteiger partial charge is 0.225 e. The number of anilines is 2. The third-order valence-electron chi connectivity index (χ3n) is 2.63. The molecule has 19 heavy (non-hydrogen) atoms. The summed E-state index contributed by atoms with van der Waals surface area (Å²) >= 11 is 1.28. The zero-order valence-electron chi connectivity index (χ0n) is 10.2. The van der Waals surface area contributed by atoms with Crippen molar-refractivity contribution in [3.05, 3.63) is 18.6 Å². The lowest BCUT2D eigenvalue weighted by Crippen LogP contribution is -2.37. The van der Waals surface area contributed by atoms with Crippen LogP contribution in [0, 0.1) is 0 Å². The number of hydrogen-bond donors (Lipinski definition) is 1. The zero-order valence-corrected chi connectivity index (χ0v) is 11.0. The molecule has 0 aromatic carbocycles. The van der Waals surface area contributed by atoms with Crippen molar-refractivity contribution in [2.45, 2.75) is 0 Å². The highest BCUT2D eigenvalue weighted by Crippen LogP contribution is 2.28. The molecule has 3 heterocycles. The largest absolute Gasteiger partial charge is 0.442 e. The summed E-state index contributed by atoms with van der Waals surface area (Å²) in [7, 11) is 0. The van der Waals surface area contributed by atoms with Crippen molar-refractivity contribution in [3.8, 4) is 10.8 Å².